The first-order chi connectivity index (χ1) is 10.1. The third-order valence-corrected chi connectivity index (χ3v) is 4.07. The quantitative estimate of drug-likeness (QED) is 0.922. The van der Waals surface area contributed by atoms with E-state index in [-0.39, 0.29) is 11.7 Å². The van der Waals surface area contributed by atoms with Gasteiger partial charge in [0.2, 0.25) is 0 Å². The van der Waals surface area contributed by atoms with Crippen molar-refractivity contribution >= 4 is 5.91 Å². The minimum absolute atomic E-state index is 0.00465. The molecule has 0 bridgehead atoms. The van der Waals surface area contributed by atoms with Crippen LogP contribution in [-0.4, -0.2) is 34.1 Å². The van der Waals surface area contributed by atoms with Gasteiger partial charge in [-0.3, -0.25) is 9.89 Å². The number of H-pyrrole nitrogens is 1. The number of aromatic nitrogens is 2. The molecular weight excluding hydrogens is 269 g/mol. The average molecular weight is 287 g/mol. The summed E-state index contributed by atoms with van der Waals surface area (Å²) in [7, 11) is 0. The van der Waals surface area contributed by atoms with Gasteiger partial charge in [0.1, 0.15) is 5.82 Å². The van der Waals surface area contributed by atoms with Crippen LogP contribution in [0.3, 0.4) is 0 Å². The fourth-order valence-electron chi connectivity index (χ4n) is 2.67. The first-order valence-electron chi connectivity index (χ1n) is 7.23. The van der Waals surface area contributed by atoms with Crippen molar-refractivity contribution in [2.45, 2.75) is 19.8 Å². The van der Waals surface area contributed by atoms with Gasteiger partial charge in [0.15, 0.2) is 0 Å². The number of likely N-dealkylation sites (tertiary alicyclic amines) is 1. The fraction of sp³-hybridized carbons (Fsp3) is 0.375. The lowest BCUT2D eigenvalue weighted by Gasteiger charge is -2.30. The Morgan fingerprint density at radius 3 is 2.62 bits per heavy atom. The van der Waals surface area contributed by atoms with Crippen molar-refractivity contribution in [3.05, 3.63) is 41.8 Å². The van der Waals surface area contributed by atoms with Crippen LogP contribution in [0.25, 0.3) is 11.3 Å². The number of rotatable bonds is 2. The highest BCUT2D eigenvalue weighted by Gasteiger charge is 2.24. The zero-order chi connectivity index (χ0) is 14.8. The summed E-state index contributed by atoms with van der Waals surface area (Å²) in [6.07, 6.45) is 3.63. The highest BCUT2D eigenvalue weighted by atomic mass is 19.1. The molecule has 0 unspecified atom stereocenters. The minimum atomic E-state index is -0.295. The molecule has 1 aliphatic heterocycles. The Kier molecular flexibility index (Phi) is 3.73. The van der Waals surface area contributed by atoms with E-state index in [1.165, 1.54) is 12.1 Å². The van der Waals surface area contributed by atoms with Crippen LogP contribution in [0.2, 0.25) is 0 Å². The molecule has 110 valence electrons. The van der Waals surface area contributed by atoms with Gasteiger partial charge in [0.25, 0.3) is 5.91 Å². The van der Waals surface area contributed by atoms with Gasteiger partial charge in [-0.05, 0) is 43.0 Å². The molecule has 1 aliphatic rings. The van der Waals surface area contributed by atoms with Crippen LogP contribution in [-0.2, 0) is 0 Å². The van der Waals surface area contributed by atoms with Gasteiger partial charge in [-0.25, -0.2) is 4.39 Å². The normalized spacial score (nSPS) is 16.2. The number of aromatic amines is 1. The van der Waals surface area contributed by atoms with Gasteiger partial charge in [-0.15, -0.1) is 0 Å². The molecule has 3 rings (SSSR count). The van der Waals surface area contributed by atoms with Crippen molar-refractivity contribution in [3.8, 4) is 11.3 Å². The lowest BCUT2D eigenvalue weighted by atomic mass is 9.98. The van der Waals surface area contributed by atoms with Crippen molar-refractivity contribution in [2.75, 3.05) is 13.1 Å². The fourth-order valence-corrected chi connectivity index (χ4v) is 2.67. The van der Waals surface area contributed by atoms with E-state index in [4.69, 9.17) is 0 Å². The first-order valence-corrected chi connectivity index (χ1v) is 7.23. The van der Waals surface area contributed by atoms with Crippen LogP contribution in [0, 0.1) is 11.7 Å². The molecule has 21 heavy (non-hydrogen) atoms. The van der Waals surface area contributed by atoms with E-state index in [2.05, 4.69) is 17.1 Å². The van der Waals surface area contributed by atoms with Gasteiger partial charge < -0.3 is 4.90 Å². The van der Waals surface area contributed by atoms with Gasteiger partial charge in [-0.1, -0.05) is 6.92 Å². The second-order valence-electron chi connectivity index (χ2n) is 5.64. The lowest BCUT2D eigenvalue weighted by Crippen LogP contribution is -2.37. The zero-order valence-corrected chi connectivity index (χ0v) is 12.0. The summed E-state index contributed by atoms with van der Waals surface area (Å²) in [5, 5.41) is 6.84. The molecule has 0 radical (unpaired) electrons. The summed E-state index contributed by atoms with van der Waals surface area (Å²) >= 11 is 0. The summed E-state index contributed by atoms with van der Waals surface area (Å²) in [6, 6.07) is 6.07. The molecule has 1 N–H and O–H groups in total. The van der Waals surface area contributed by atoms with Crippen molar-refractivity contribution in [1.82, 2.24) is 15.1 Å². The van der Waals surface area contributed by atoms with Crippen LogP contribution in [0.4, 0.5) is 4.39 Å². The highest BCUT2D eigenvalue weighted by Crippen LogP contribution is 2.24. The molecular formula is C16H18FN3O. The number of halogens is 1. The number of carbonyl (C=O) groups is 1. The number of benzene rings is 1. The van der Waals surface area contributed by atoms with Crippen LogP contribution >= 0.6 is 0 Å². The van der Waals surface area contributed by atoms with E-state index < -0.39 is 0 Å². The Bertz CT molecular complexity index is 627. The number of amides is 1. The number of nitrogens with one attached hydrogen (secondary N) is 1. The Balaban J connectivity index is 1.85. The van der Waals surface area contributed by atoms with E-state index in [1.807, 2.05) is 4.90 Å². The monoisotopic (exact) mass is 287 g/mol. The lowest BCUT2D eigenvalue weighted by molar-refractivity contribution is 0.0698. The van der Waals surface area contributed by atoms with E-state index in [1.54, 1.807) is 18.3 Å². The molecule has 5 heteroatoms. The van der Waals surface area contributed by atoms with Gasteiger partial charge in [0, 0.05) is 18.7 Å². The average Bonchev–Trinajstić information content (AvgIpc) is 2.97. The van der Waals surface area contributed by atoms with E-state index in [0.717, 1.165) is 31.5 Å². The molecule has 1 amide bonds. The molecule has 0 atom stereocenters. The third kappa shape index (κ3) is 2.82. The summed E-state index contributed by atoms with van der Waals surface area (Å²) < 4.78 is 13.0. The van der Waals surface area contributed by atoms with Crippen LogP contribution < -0.4 is 0 Å². The van der Waals surface area contributed by atoms with Crippen LogP contribution in [0.5, 0.6) is 0 Å². The zero-order valence-electron chi connectivity index (χ0n) is 12.0. The molecule has 0 spiro atoms. The van der Waals surface area contributed by atoms with Gasteiger partial charge >= 0.3 is 0 Å². The summed E-state index contributed by atoms with van der Waals surface area (Å²) in [4.78, 5) is 14.5. The molecule has 2 aromatic rings. The Hall–Kier alpha value is -2.17. The maximum atomic E-state index is 13.0. The van der Waals surface area contributed by atoms with E-state index >= 15 is 0 Å². The standard InChI is InChI=1S/C16H18FN3O/c1-11-6-8-20(9-7-11)16(21)14-10-18-19-15(14)12-2-4-13(17)5-3-12/h2-5,10-11H,6-9H2,1H3,(H,18,19). The predicted molar refractivity (Wildman–Crippen MR) is 78.3 cm³/mol. The van der Waals surface area contributed by atoms with Crippen LogP contribution in [0.15, 0.2) is 30.5 Å². The first kappa shape index (κ1) is 13.8. The number of carbonyl (C=O) groups excluding carboxylic acids is 1. The van der Waals surface area contributed by atoms with Gasteiger partial charge in [-0.2, -0.15) is 5.10 Å². The van der Waals surface area contributed by atoms with Crippen molar-refractivity contribution in [1.29, 1.82) is 0 Å². The topological polar surface area (TPSA) is 49.0 Å². The summed E-state index contributed by atoms with van der Waals surface area (Å²) in [6.45, 7) is 3.78. The number of piperidine rings is 1. The van der Waals surface area contributed by atoms with Crippen molar-refractivity contribution in [3.63, 3.8) is 0 Å². The molecule has 1 aromatic carbocycles. The van der Waals surface area contributed by atoms with Gasteiger partial charge in [0.05, 0.1) is 17.5 Å². The molecule has 4 nitrogen and oxygen atoms in total. The SMILES string of the molecule is CC1CCN(C(=O)c2cn[nH]c2-c2ccc(F)cc2)CC1. The van der Waals surface area contributed by atoms with Crippen molar-refractivity contribution in [2.24, 2.45) is 5.92 Å². The number of hydrogen-bond donors (Lipinski definition) is 1. The summed E-state index contributed by atoms with van der Waals surface area (Å²) in [5.74, 6) is 0.376. The Labute approximate surface area is 123 Å². The maximum absolute atomic E-state index is 13.0. The third-order valence-electron chi connectivity index (χ3n) is 4.07. The smallest absolute Gasteiger partial charge is 0.257 e. The minimum Gasteiger partial charge on any atom is -0.339 e. The number of nitrogens with zero attached hydrogens (tertiary/aromatic N) is 2. The molecule has 1 aromatic heterocycles. The molecule has 0 saturated carbocycles. The molecule has 2 heterocycles. The van der Waals surface area contributed by atoms with E-state index in [9.17, 15) is 9.18 Å². The number of hydrogen-bond acceptors (Lipinski definition) is 2. The largest absolute Gasteiger partial charge is 0.339 e. The van der Waals surface area contributed by atoms with E-state index in [0.29, 0.717) is 17.2 Å². The van der Waals surface area contributed by atoms with Crippen LogP contribution in [0.1, 0.15) is 30.1 Å². The molecule has 1 fully saturated rings. The maximum Gasteiger partial charge on any atom is 0.257 e. The Morgan fingerprint density at radius 2 is 1.95 bits per heavy atom. The van der Waals surface area contributed by atoms with Crippen molar-refractivity contribution < 1.29 is 9.18 Å². The highest BCUT2D eigenvalue weighted by molar-refractivity contribution is 5.99. The second-order valence-corrected chi connectivity index (χ2v) is 5.64. The Morgan fingerprint density at radius 1 is 1.29 bits per heavy atom. The summed E-state index contributed by atoms with van der Waals surface area (Å²) in [5.41, 5.74) is 1.97. The second kappa shape index (κ2) is 5.68. The predicted octanol–water partition coefficient (Wildman–Crippen LogP) is 3.09. The molecule has 0 aliphatic carbocycles. The molecule has 1 saturated heterocycles.